The van der Waals surface area contributed by atoms with Crippen LogP contribution < -0.4 is 0 Å². The summed E-state index contributed by atoms with van der Waals surface area (Å²) in [6.45, 7) is 10.3. The smallest absolute Gasteiger partial charge is 0.278 e. The van der Waals surface area contributed by atoms with Gasteiger partial charge in [0.15, 0.2) is 0 Å². The average Bonchev–Trinajstić information content (AvgIpc) is 2.13. The van der Waals surface area contributed by atoms with Crippen molar-refractivity contribution in [3.8, 4) is 6.07 Å². The van der Waals surface area contributed by atoms with Gasteiger partial charge >= 0.3 is 0 Å². The molecule has 0 aliphatic heterocycles. The summed E-state index contributed by atoms with van der Waals surface area (Å²) in [7, 11) is -1.57. The monoisotopic (exact) mass is 226 g/mol. The molecular weight excluding hydrogens is 204 g/mol. The zero-order valence-electron chi connectivity index (χ0n) is 10.5. The second-order valence-corrected chi connectivity index (χ2v) is 9.26. The molecule has 0 saturated carbocycles. The van der Waals surface area contributed by atoms with Crippen molar-refractivity contribution in [2.24, 2.45) is 11.1 Å². The van der Waals surface area contributed by atoms with Crippen LogP contribution in [0.4, 0.5) is 0 Å². The summed E-state index contributed by atoms with van der Waals surface area (Å²) in [6.07, 6.45) is 2.71. The zero-order valence-corrected chi connectivity index (χ0v) is 11.5. The number of hydrogen-bond donors (Lipinski definition) is 0. The topological polar surface area (TPSA) is 45.4 Å². The van der Waals surface area contributed by atoms with Crippen molar-refractivity contribution in [1.29, 1.82) is 5.26 Å². The molecule has 0 N–H and O–H groups in total. The van der Waals surface area contributed by atoms with Gasteiger partial charge in [0.25, 0.3) is 8.32 Å². The minimum absolute atomic E-state index is 0.0870. The van der Waals surface area contributed by atoms with Crippen molar-refractivity contribution in [3.63, 3.8) is 0 Å². The Morgan fingerprint density at radius 3 is 2.47 bits per heavy atom. The highest BCUT2D eigenvalue weighted by Crippen LogP contribution is 2.12. The fourth-order valence-electron chi connectivity index (χ4n) is 1.17. The molecule has 0 rings (SSSR count). The standard InChI is InChI=1S/C11H22N2OSi/c1-6-7-11(9-12)8-10(2)13-14-15(3,4)5/h11H,6-8H2,1-5H3/b13-10+. The molecule has 3 nitrogen and oxygen atoms in total. The van der Waals surface area contributed by atoms with E-state index in [0.717, 1.165) is 25.0 Å². The van der Waals surface area contributed by atoms with Crippen LogP contribution in [0.2, 0.25) is 19.6 Å². The fraction of sp³-hybridized carbons (Fsp3) is 0.818. The van der Waals surface area contributed by atoms with Gasteiger partial charge in [0.2, 0.25) is 0 Å². The van der Waals surface area contributed by atoms with Crippen molar-refractivity contribution in [1.82, 2.24) is 0 Å². The zero-order chi connectivity index (χ0) is 11.9. The van der Waals surface area contributed by atoms with Gasteiger partial charge in [-0.15, -0.1) is 5.16 Å². The van der Waals surface area contributed by atoms with Gasteiger partial charge in [-0.2, -0.15) is 5.26 Å². The lowest BCUT2D eigenvalue weighted by atomic mass is 9.99. The number of hydrogen-bond acceptors (Lipinski definition) is 3. The average molecular weight is 226 g/mol. The molecule has 1 atom stereocenters. The summed E-state index contributed by atoms with van der Waals surface area (Å²) in [5, 5.41) is 13.0. The first kappa shape index (κ1) is 14.2. The van der Waals surface area contributed by atoms with E-state index in [0.29, 0.717) is 0 Å². The van der Waals surface area contributed by atoms with Crippen LogP contribution in [-0.2, 0) is 4.53 Å². The van der Waals surface area contributed by atoms with Gasteiger partial charge in [-0.1, -0.05) is 13.3 Å². The summed E-state index contributed by atoms with van der Waals surface area (Å²) in [5.74, 6) is 0.0870. The largest absolute Gasteiger partial charge is 0.456 e. The summed E-state index contributed by atoms with van der Waals surface area (Å²) in [5.41, 5.74) is 0.928. The highest BCUT2D eigenvalue weighted by atomic mass is 28.4. The predicted octanol–water partition coefficient (Wildman–Crippen LogP) is 3.54. The molecule has 0 spiro atoms. The van der Waals surface area contributed by atoms with Crippen molar-refractivity contribution in [2.45, 2.75) is 52.8 Å². The molecule has 15 heavy (non-hydrogen) atoms. The Morgan fingerprint density at radius 1 is 1.47 bits per heavy atom. The van der Waals surface area contributed by atoms with Crippen LogP contribution in [0.15, 0.2) is 5.16 Å². The molecule has 4 heteroatoms. The molecule has 0 aliphatic carbocycles. The van der Waals surface area contributed by atoms with Crippen LogP contribution >= 0.6 is 0 Å². The van der Waals surface area contributed by atoms with Crippen LogP contribution in [0.1, 0.15) is 33.1 Å². The minimum atomic E-state index is -1.57. The predicted molar refractivity (Wildman–Crippen MR) is 66.2 cm³/mol. The van der Waals surface area contributed by atoms with Crippen LogP contribution in [-0.4, -0.2) is 14.0 Å². The Labute approximate surface area is 94.2 Å². The first-order valence-corrected chi connectivity index (χ1v) is 8.91. The van der Waals surface area contributed by atoms with Crippen molar-refractivity contribution >= 4 is 14.0 Å². The highest BCUT2D eigenvalue weighted by Gasteiger charge is 2.16. The Bertz CT molecular complexity index is 250. The SMILES string of the molecule is CCCC(C#N)C/C(C)=N/O[Si](C)(C)C. The fourth-order valence-corrected chi connectivity index (χ4v) is 1.60. The van der Waals surface area contributed by atoms with Gasteiger partial charge < -0.3 is 4.53 Å². The van der Waals surface area contributed by atoms with Crippen molar-refractivity contribution in [3.05, 3.63) is 0 Å². The van der Waals surface area contributed by atoms with E-state index in [1.54, 1.807) is 0 Å². The molecule has 0 aromatic rings. The van der Waals surface area contributed by atoms with Crippen LogP contribution in [0.3, 0.4) is 0 Å². The minimum Gasteiger partial charge on any atom is -0.456 e. The van der Waals surface area contributed by atoms with Gasteiger partial charge in [-0.25, -0.2) is 0 Å². The molecule has 0 amide bonds. The van der Waals surface area contributed by atoms with Gasteiger partial charge in [0.1, 0.15) is 0 Å². The summed E-state index contributed by atoms with van der Waals surface area (Å²) >= 11 is 0. The quantitative estimate of drug-likeness (QED) is 0.395. The van der Waals surface area contributed by atoms with Crippen LogP contribution in [0.5, 0.6) is 0 Å². The van der Waals surface area contributed by atoms with Crippen molar-refractivity contribution < 1.29 is 4.53 Å². The summed E-state index contributed by atoms with van der Waals surface area (Å²) in [6, 6.07) is 2.31. The van der Waals surface area contributed by atoms with Gasteiger partial charge in [0, 0.05) is 6.42 Å². The van der Waals surface area contributed by atoms with Crippen LogP contribution in [0.25, 0.3) is 0 Å². The van der Waals surface area contributed by atoms with Gasteiger partial charge in [-0.3, -0.25) is 0 Å². The first-order chi connectivity index (χ1) is 6.89. The number of nitrogens with zero attached hydrogens (tertiary/aromatic N) is 2. The molecule has 0 fully saturated rings. The van der Waals surface area contributed by atoms with Crippen LogP contribution in [0, 0.1) is 17.2 Å². The maximum absolute atomic E-state index is 8.90. The molecule has 0 aromatic heterocycles. The Balaban J connectivity index is 4.11. The third-order valence-electron chi connectivity index (χ3n) is 1.84. The van der Waals surface area contributed by atoms with E-state index in [9.17, 15) is 0 Å². The molecule has 0 aliphatic rings. The molecule has 0 radical (unpaired) electrons. The number of rotatable bonds is 6. The third-order valence-corrected chi connectivity index (χ3v) is 2.48. The molecule has 86 valence electrons. The summed E-state index contributed by atoms with van der Waals surface area (Å²) in [4.78, 5) is 0. The summed E-state index contributed by atoms with van der Waals surface area (Å²) < 4.78 is 5.43. The van der Waals surface area contributed by atoms with Gasteiger partial charge in [0.05, 0.1) is 17.7 Å². The van der Waals surface area contributed by atoms with E-state index in [-0.39, 0.29) is 5.92 Å². The van der Waals surface area contributed by atoms with E-state index in [1.165, 1.54) is 0 Å². The molecule has 0 bridgehead atoms. The molecule has 0 saturated heterocycles. The van der Waals surface area contributed by atoms with Crippen molar-refractivity contribution in [2.75, 3.05) is 0 Å². The Morgan fingerprint density at radius 2 is 2.07 bits per heavy atom. The maximum atomic E-state index is 8.90. The highest BCUT2D eigenvalue weighted by molar-refractivity contribution is 6.69. The molecule has 0 aromatic carbocycles. The molecule has 1 unspecified atom stereocenters. The van der Waals surface area contributed by atoms with E-state index >= 15 is 0 Å². The lowest BCUT2D eigenvalue weighted by Gasteiger charge is -2.14. The maximum Gasteiger partial charge on any atom is 0.278 e. The van der Waals surface area contributed by atoms with E-state index in [1.807, 2.05) is 6.92 Å². The van der Waals surface area contributed by atoms with E-state index in [2.05, 4.69) is 37.8 Å². The number of oxime groups is 1. The lowest BCUT2D eigenvalue weighted by molar-refractivity contribution is 0.332. The lowest BCUT2D eigenvalue weighted by Crippen LogP contribution is -2.23. The second-order valence-electron chi connectivity index (χ2n) is 4.85. The number of nitriles is 1. The molecular formula is C11H22N2OSi. The Hall–Kier alpha value is -0.823. The second kappa shape index (κ2) is 6.62. The van der Waals surface area contributed by atoms with Gasteiger partial charge in [-0.05, 0) is 33.0 Å². The third kappa shape index (κ3) is 8.19. The van der Waals surface area contributed by atoms with E-state index in [4.69, 9.17) is 9.79 Å². The molecule has 0 heterocycles. The normalized spacial score (nSPS) is 14.5. The Kier molecular flexibility index (Phi) is 6.26. The van der Waals surface area contributed by atoms with E-state index < -0.39 is 8.32 Å². The first-order valence-electron chi connectivity index (χ1n) is 5.50.